The molecule has 2 aliphatic rings. The highest BCUT2D eigenvalue weighted by molar-refractivity contribution is 6.35. The molecule has 1 spiro atoms. The third-order valence-corrected chi connectivity index (χ3v) is 4.91. The number of fused-ring (bicyclic) bond motifs is 1. The Balaban J connectivity index is 1.88. The van der Waals surface area contributed by atoms with Crippen LogP contribution in [-0.2, 0) is 4.79 Å². The standard InChI is InChI=1S/C15H19ClN2O/c1-2-10-6-8-15(9-7-10)14(19)17-13-11(16)4-3-5-12(13)18-15/h3-5,10,18H,2,6-9H2,1H3,(H,17,19). The first-order valence-corrected chi connectivity index (χ1v) is 7.40. The second-order valence-electron chi connectivity index (χ2n) is 5.68. The van der Waals surface area contributed by atoms with Gasteiger partial charge in [-0.3, -0.25) is 4.79 Å². The van der Waals surface area contributed by atoms with Gasteiger partial charge in [-0.05, 0) is 43.7 Å². The topological polar surface area (TPSA) is 41.1 Å². The number of halogens is 1. The van der Waals surface area contributed by atoms with Crippen LogP contribution in [0.4, 0.5) is 11.4 Å². The molecule has 3 nitrogen and oxygen atoms in total. The van der Waals surface area contributed by atoms with Gasteiger partial charge in [0.1, 0.15) is 5.54 Å². The third kappa shape index (κ3) is 2.10. The second-order valence-corrected chi connectivity index (χ2v) is 6.08. The van der Waals surface area contributed by atoms with Gasteiger partial charge in [-0.25, -0.2) is 0 Å². The smallest absolute Gasteiger partial charge is 0.250 e. The minimum atomic E-state index is -0.427. The summed E-state index contributed by atoms with van der Waals surface area (Å²) in [5, 5.41) is 7.03. The van der Waals surface area contributed by atoms with Crippen molar-refractivity contribution in [2.75, 3.05) is 10.6 Å². The number of carbonyl (C=O) groups excluding carboxylic acids is 1. The number of nitrogens with one attached hydrogen (secondary N) is 2. The van der Waals surface area contributed by atoms with Crippen LogP contribution in [0.3, 0.4) is 0 Å². The Morgan fingerprint density at radius 3 is 2.79 bits per heavy atom. The molecular formula is C15H19ClN2O. The fraction of sp³-hybridized carbons (Fsp3) is 0.533. The van der Waals surface area contributed by atoms with Crippen LogP contribution in [0.1, 0.15) is 39.0 Å². The van der Waals surface area contributed by atoms with Gasteiger partial charge in [0.2, 0.25) is 5.91 Å². The van der Waals surface area contributed by atoms with E-state index in [2.05, 4.69) is 17.6 Å². The molecule has 0 saturated heterocycles. The number of carbonyl (C=O) groups is 1. The maximum atomic E-state index is 12.4. The third-order valence-electron chi connectivity index (χ3n) is 4.60. The Morgan fingerprint density at radius 1 is 1.37 bits per heavy atom. The molecule has 102 valence electrons. The monoisotopic (exact) mass is 278 g/mol. The molecule has 1 fully saturated rings. The first kappa shape index (κ1) is 12.8. The van der Waals surface area contributed by atoms with Crippen molar-refractivity contribution in [1.82, 2.24) is 0 Å². The van der Waals surface area contributed by atoms with E-state index in [4.69, 9.17) is 11.6 Å². The number of amides is 1. The van der Waals surface area contributed by atoms with E-state index in [1.165, 1.54) is 6.42 Å². The van der Waals surface area contributed by atoms with Crippen LogP contribution >= 0.6 is 11.6 Å². The molecule has 1 aliphatic carbocycles. The number of benzene rings is 1. The molecule has 1 aliphatic heterocycles. The van der Waals surface area contributed by atoms with Crippen LogP contribution < -0.4 is 10.6 Å². The molecular weight excluding hydrogens is 260 g/mol. The summed E-state index contributed by atoms with van der Waals surface area (Å²) in [6, 6.07) is 5.69. The molecule has 1 saturated carbocycles. The van der Waals surface area contributed by atoms with Gasteiger partial charge in [0.25, 0.3) is 0 Å². The quantitative estimate of drug-likeness (QED) is 0.814. The summed E-state index contributed by atoms with van der Waals surface area (Å²) in [6.07, 6.45) is 5.26. The molecule has 19 heavy (non-hydrogen) atoms. The SMILES string of the molecule is CCC1CCC2(CC1)Nc1cccc(Cl)c1NC2=O. The maximum absolute atomic E-state index is 12.4. The Morgan fingerprint density at radius 2 is 2.11 bits per heavy atom. The number of anilines is 2. The molecule has 1 aromatic rings. The van der Waals surface area contributed by atoms with Crippen molar-refractivity contribution >= 4 is 28.9 Å². The van der Waals surface area contributed by atoms with Gasteiger partial charge in [-0.2, -0.15) is 0 Å². The second kappa shape index (κ2) is 4.71. The minimum absolute atomic E-state index is 0.0719. The number of hydrogen-bond acceptors (Lipinski definition) is 2. The lowest BCUT2D eigenvalue weighted by Crippen LogP contribution is -2.54. The van der Waals surface area contributed by atoms with Gasteiger partial charge in [0.15, 0.2) is 0 Å². The number of para-hydroxylation sites is 1. The van der Waals surface area contributed by atoms with E-state index in [0.717, 1.165) is 43.0 Å². The average molecular weight is 279 g/mol. The Bertz CT molecular complexity index is 507. The zero-order chi connectivity index (χ0) is 13.5. The summed E-state index contributed by atoms with van der Waals surface area (Å²) in [7, 11) is 0. The van der Waals surface area contributed by atoms with Crippen LogP contribution in [0.2, 0.25) is 5.02 Å². The number of rotatable bonds is 1. The van der Waals surface area contributed by atoms with E-state index in [1.54, 1.807) is 6.07 Å². The van der Waals surface area contributed by atoms with E-state index in [-0.39, 0.29) is 5.91 Å². The van der Waals surface area contributed by atoms with Gasteiger partial charge in [0.05, 0.1) is 16.4 Å². The summed E-state index contributed by atoms with van der Waals surface area (Å²) in [4.78, 5) is 12.4. The molecule has 1 aromatic carbocycles. The highest BCUT2D eigenvalue weighted by Gasteiger charge is 2.44. The highest BCUT2D eigenvalue weighted by atomic mass is 35.5. The maximum Gasteiger partial charge on any atom is 0.250 e. The number of hydrogen-bond donors (Lipinski definition) is 2. The zero-order valence-corrected chi connectivity index (χ0v) is 11.9. The van der Waals surface area contributed by atoms with Crippen LogP contribution in [0, 0.1) is 5.92 Å². The normalized spacial score (nSPS) is 29.6. The summed E-state index contributed by atoms with van der Waals surface area (Å²) in [5.41, 5.74) is 1.24. The lowest BCUT2D eigenvalue weighted by Gasteiger charge is -2.43. The molecule has 0 bridgehead atoms. The van der Waals surface area contributed by atoms with Crippen molar-refractivity contribution in [3.63, 3.8) is 0 Å². The van der Waals surface area contributed by atoms with Gasteiger partial charge in [0, 0.05) is 0 Å². The molecule has 2 N–H and O–H groups in total. The minimum Gasteiger partial charge on any atom is -0.369 e. The lowest BCUT2D eigenvalue weighted by atomic mass is 9.74. The van der Waals surface area contributed by atoms with Crippen LogP contribution in [0.25, 0.3) is 0 Å². The van der Waals surface area contributed by atoms with Crippen molar-refractivity contribution in [2.24, 2.45) is 5.92 Å². The molecule has 1 amide bonds. The fourth-order valence-electron chi connectivity index (χ4n) is 3.23. The average Bonchev–Trinajstić information content (AvgIpc) is 2.42. The van der Waals surface area contributed by atoms with E-state index in [1.807, 2.05) is 12.1 Å². The molecule has 0 unspecified atom stereocenters. The first-order chi connectivity index (χ1) is 9.14. The van der Waals surface area contributed by atoms with Gasteiger partial charge >= 0.3 is 0 Å². The zero-order valence-electron chi connectivity index (χ0n) is 11.1. The molecule has 3 rings (SSSR count). The predicted octanol–water partition coefficient (Wildman–Crippen LogP) is 4.04. The van der Waals surface area contributed by atoms with Crippen molar-refractivity contribution in [2.45, 2.75) is 44.6 Å². The van der Waals surface area contributed by atoms with E-state index >= 15 is 0 Å². The fourth-order valence-corrected chi connectivity index (χ4v) is 3.46. The molecule has 0 aromatic heterocycles. The van der Waals surface area contributed by atoms with E-state index in [9.17, 15) is 4.79 Å². The lowest BCUT2D eigenvalue weighted by molar-refractivity contribution is -0.121. The van der Waals surface area contributed by atoms with Gasteiger partial charge in [-0.15, -0.1) is 0 Å². The Kier molecular flexibility index (Phi) is 3.17. The van der Waals surface area contributed by atoms with Gasteiger partial charge in [-0.1, -0.05) is 31.0 Å². The summed E-state index contributed by atoms with van der Waals surface area (Å²) in [5.74, 6) is 0.837. The van der Waals surface area contributed by atoms with Crippen molar-refractivity contribution in [1.29, 1.82) is 0 Å². The molecule has 4 heteroatoms. The summed E-state index contributed by atoms with van der Waals surface area (Å²) < 4.78 is 0. The van der Waals surface area contributed by atoms with Crippen molar-refractivity contribution < 1.29 is 4.79 Å². The molecule has 0 atom stereocenters. The van der Waals surface area contributed by atoms with Gasteiger partial charge < -0.3 is 10.6 Å². The summed E-state index contributed by atoms with van der Waals surface area (Å²) >= 11 is 6.13. The van der Waals surface area contributed by atoms with E-state index in [0.29, 0.717) is 5.02 Å². The Hall–Kier alpha value is -1.22. The van der Waals surface area contributed by atoms with Crippen molar-refractivity contribution in [3.8, 4) is 0 Å². The van der Waals surface area contributed by atoms with Crippen LogP contribution in [0.5, 0.6) is 0 Å². The van der Waals surface area contributed by atoms with Crippen LogP contribution in [0.15, 0.2) is 18.2 Å². The molecule has 0 radical (unpaired) electrons. The van der Waals surface area contributed by atoms with E-state index < -0.39 is 5.54 Å². The summed E-state index contributed by atoms with van der Waals surface area (Å²) in [6.45, 7) is 2.23. The van der Waals surface area contributed by atoms with Crippen LogP contribution in [-0.4, -0.2) is 11.4 Å². The predicted molar refractivity (Wildman–Crippen MR) is 78.7 cm³/mol. The Labute approximate surface area is 118 Å². The molecule has 1 heterocycles. The van der Waals surface area contributed by atoms with Crippen molar-refractivity contribution in [3.05, 3.63) is 23.2 Å². The largest absolute Gasteiger partial charge is 0.369 e. The first-order valence-electron chi connectivity index (χ1n) is 7.03. The highest BCUT2D eigenvalue weighted by Crippen LogP contribution is 2.43.